The van der Waals surface area contributed by atoms with Crippen LogP contribution in [0.4, 0.5) is 4.39 Å². The number of rotatable bonds is 2. The summed E-state index contributed by atoms with van der Waals surface area (Å²) in [6, 6.07) is 0. The number of nitrogens with zero attached hydrogens (tertiary/aromatic N) is 2. The summed E-state index contributed by atoms with van der Waals surface area (Å²) in [5.74, 6) is 0.431. The van der Waals surface area contributed by atoms with E-state index in [4.69, 9.17) is 0 Å². The summed E-state index contributed by atoms with van der Waals surface area (Å²) in [6.07, 6.45) is 4.40. The molecule has 0 amide bonds. The molecule has 1 saturated carbocycles. The molecule has 0 radical (unpaired) electrons. The zero-order chi connectivity index (χ0) is 10.3. The van der Waals surface area contributed by atoms with Gasteiger partial charge in [-0.15, -0.1) is 5.10 Å². The summed E-state index contributed by atoms with van der Waals surface area (Å²) in [4.78, 5) is 0. The van der Waals surface area contributed by atoms with E-state index >= 15 is 0 Å². The molecule has 0 atom stereocenters. The Balaban J connectivity index is 2.19. The summed E-state index contributed by atoms with van der Waals surface area (Å²) in [6.45, 7) is 6.91. The molecule has 0 N–H and O–H groups in total. The van der Waals surface area contributed by atoms with E-state index in [2.05, 4.69) is 5.10 Å². The molecule has 0 unspecified atom stereocenters. The van der Waals surface area contributed by atoms with Gasteiger partial charge in [0, 0.05) is 18.3 Å². The maximum absolute atomic E-state index is 13.4. The first-order valence-electron chi connectivity index (χ1n) is 5.20. The van der Waals surface area contributed by atoms with E-state index in [1.807, 2.05) is 27.0 Å². The van der Waals surface area contributed by atoms with Crippen LogP contribution in [-0.4, -0.2) is 9.78 Å². The van der Waals surface area contributed by atoms with Crippen LogP contribution >= 0.6 is 0 Å². The molecule has 1 heterocycles. The van der Waals surface area contributed by atoms with E-state index in [0.29, 0.717) is 0 Å². The maximum Gasteiger partial charge on any atom is 0.236 e. The van der Waals surface area contributed by atoms with Crippen LogP contribution in [0, 0.1) is 11.9 Å². The molecule has 0 aromatic carbocycles. The minimum atomic E-state index is -0.307. The summed E-state index contributed by atoms with van der Waals surface area (Å²) in [5.41, 5.74) is 0.574. The third kappa shape index (κ3) is 1.97. The first-order chi connectivity index (χ1) is 6.47. The van der Waals surface area contributed by atoms with Gasteiger partial charge in [-0.05, 0) is 24.2 Å². The lowest BCUT2D eigenvalue weighted by atomic mass is 9.89. The van der Waals surface area contributed by atoms with Crippen molar-refractivity contribution < 1.29 is 4.39 Å². The van der Waals surface area contributed by atoms with Crippen LogP contribution in [0.25, 0.3) is 0 Å². The average Bonchev–Trinajstić information content (AvgIpc) is 2.73. The van der Waals surface area contributed by atoms with E-state index in [9.17, 15) is 4.39 Å². The molecule has 0 aliphatic heterocycles. The fraction of sp³-hybridized carbons (Fsp3) is 0.727. The van der Waals surface area contributed by atoms with Gasteiger partial charge in [-0.3, -0.25) is 4.68 Å². The molecule has 1 aromatic rings. The van der Waals surface area contributed by atoms with Gasteiger partial charge in [0.2, 0.25) is 5.95 Å². The Labute approximate surface area is 84.1 Å². The van der Waals surface area contributed by atoms with Crippen LogP contribution in [0.15, 0.2) is 6.20 Å². The molecular formula is C11H17FN2. The minimum Gasteiger partial charge on any atom is -0.269 e. The van der Waals surface area contributed by atoms with Gasteiger partial charge < -0.3 is 0 Å². The van der Waals surface area contributed by atoms with E-state index in [0.717, 1.165) is 18.0 Å². The summed E-state index contributed by atoms with van der Waals surface area (Å²) in [7, 11) is 0. The van der Waals surface area contributed by atoms with Gasteiger partial charge in [0.1, 0.15) is 0 Å². The fourth-order valence-electron chi connectivity index (χ4n) is 1.56. The van der Waals surface area contributed by atoms with Crippen molar-refractivity contribution in [1.29, 1.82) is 0 Å². The van der Waals surface area contributed by atoms with Crippen molar-refractivity contribution in [2.45, 2.75) is 45.6 Å². The SMILES string of the molecule is CC(C)(C)c1cn(CC2CC2)nc1F. The number of halogens is 1. The number of hydrogen-bond acceptors (Lipinski definition) is 1. The predicted molar refractivity (Wildman–Crippen MR) is 53.6 cm³/mol. The Morgan fingerprint density at radius 2 is 2.14 bits per heavy atom. The second-order valence-corrected chi connectivity index (χ2v) is 5.25. The van der Waals surface area contributed by atoms with Gasteiger partial charge in [0.25, 0.3) is 0 Å². The van der Waals surface area contributed by atoms with Crippen molar-refractivity contribution >= 4 is 0 Å². The highest BCUT2D eigenvalue weighted by Gasteiger charge is 2.25. The molecule has 1 aliphatic carbocycles. The van der Waals surface area contributed by atoms with Crippen LogP contribution < -0.4 is 0 Å². The Bertz CT molecular complexity index is 332. The van der Waals surface area contributed by atoms with E-state index in [1.165, 1.54) is 12.8 Å². The third-order valence-corrected chi connectivity index (χ3v) is 2.67. The quantitative estimate of drug-likeness (QED) is 0.711. The van der Waals surface area contributed by atoms with Crippen LogP contribution in [-0.2, 0) is 12.0 Å². The Morgan fingerprint density at radius 3 is 2.57 bits per heavy atom. The zero-order valence-corrected chi connectivity index (χ0v) is 9.05. The van der Waals surface area contributed by atoms with Crippen LogP contribution in [0.1, 0.15) is 39.2 Å². The van der Waals surface area contributed by atoms with Gasteiger partial charge in [0.05, 0.1) is 0 Å². The molecule has 1 aliphatic rings. The van der Waals surface area contributed by atoms with E-state index in [1.54, 1.807) is 4.68 Å². The smallest absolute Gasteiger partial charge is 0.236 e. The molecule has 3 heteroatoms. The van der Waals surface area contributed by atoms with Crippen molar-refractivity contribution in [2.75, 3.05) is 0 Å². The summed E-state index contributed by atoms with van der Waals surface area (Å²) < 4.78 is 15.2. The number of aromatic nitrogens is 2. The topological polar surface area (TPSA) is 17.8 Å². The Kier molecular flexibility index (Phi) is 2.13. The molecule has 1 fully saturated rings. The van der Waals surface area contributed by atoms with Crippen molar-refractivity contribution in [2.24, 2.45) is 5.92 Å². The standard InChI is InChI=1S/C11H17FN2/c1-11(2,3)9-7-14(13-10(9)12)6-8-4-5-8/h7-8H,4-6H2,1-3H3. The third-order valence-electron chi connectivity index (χ3n) is 2.67. The Morgan fingerprint density at radius 1 is 1.50 bits per heavy atom. The molecular weight excluding hydrogens is 179 g/mol. The molecule has 0 saturated heterocycles. The van der Waals surface area contributed by atoms with Gasteiger partial charge in [-0.1, -0.05) is 20.8 Å². The first-order valence-corrected chi connectivity index (χ1v) is 5.20. The van der Waals surface area contributed by atoms with Gasteiger partial charge in [-0.2, -0.15) is 4.39 Å². The zero-order valence-electron chi connectivity index (χ0n) is 9.05. The van der Waals surface area contributed by atoms with Crippen molar-refractivity contribution in [3.63, 3.8) is 0 Å². The van der Waals surface area contributed by atoms with Crippen molar-refractivity contribution in [3.8, 4) is 0 Å². The Hall–Kier alpha value is -0.860. The molecule has 2 rings (SSSR count). The van der Waals surface area contributed by atoms with Crippen LogP contribution in [0.3, 0.4) is 0 Å². The molecule has 2 nitrogen and oxygen atoms in total. The fourth-order valence-corrected chi connectivity index (χ4v) is 1.56. The van der Waals surface area contributed by atoms with E-state index in [-0.39, 0.29) is 11.4 Å². The minimum absolute atomic E-state index is 0.147. The lowest BCUT2D eigenvalue weighted by Crippen LogP contribution is -2.11. The normalized spacial score (nSPS) is 17.4. The highest BCUT2D eigenvalue weighted by atomic mass is 19.1. The molecule has 14 heavy (non-hydrogen) atoms. The second-order valence-electron chi connectivity index (χ2n) is 5.25. The van der Waals surface area contributed by atoms with E-state index < -0.39 is 0 Å². The monoisotopic (exact) mass is 196 g/mol. The summed E-state index contributed by atoms with van der Waals surface area (Å²) >= 11 is 0. The molecule has 1 aromatic heterocycles. The van der Waals surface area contributed by atoms with Gasteiger partial charge in [-0.25, -0.2) is 0 Å². The lowest BCUT2D eigenvalue weighted by Gasteiger charge is -2.15. The molecule has 0 bridgehead atoms. The summed E-state index contributed by atoms with van der Waals surface area (Å²) in [5, 5.41) is 3.91. The van der Waals surface area contributed by atoms with Crippen molar-refractivity contribution in [3.05, 3.63) is 17.7 Å². The average molecular weight is 196 g/mol. The highest BCUT2D eigenvalue weighted by Crippen LogP contribution is 2.31. The first kappa shape index (κ1) is 9.69. The van der Waals surface area contributed by atoms with Crippen LogP contribution in [0.5, 0.6) is 0 Å². The second kappa shape index (κ2) is 3.07. The highest BCUT2D eigenvalue weighted by molar-refractivity contribution is 5.17. The van der Waals surface area contributed by atoms with Crippen LogP contribution in [0.2, 0.25) is 0 Å². The molecule has 78 valence electrons. The molecule has 0 spiro atoms. The van der Waals surface area contributed by atoms with Crippen molar-refractivity contribution in [1.82, 2.24) is 9.78 Å². The predicted octanol–water partition coefficient (Wildman–Crippen LogP) is 2.73. The number of hydrogen-bond donors (Lipinski definition) is 0. The maximum atomic E-state index is 13.4. The largest absolute Gasteiger partial charge is 0.269 e. The van der Waals surface area contributed by atoms with Gasteiger partial charge >= 0.3 is 0 Å². The van der Waals surface area contributed by atoms with Gasteiger partial charge in [0.15, 0.2) is 0 Å². The lowest BCUT2D eigenvalue weighted by molar-refractivity contribution is 0.484.